The first-order valence-corrected chi connectivity index (χ1v) is 7.98. The molecule has 0 aliphatic heterocycles. The van der Waals surface area contributed by atoms with Gasteiger partial charge in [-0.2, -0.15) is 0 Å². The first-order chi connectivity index (χ1) is 12.0. The quantitative estimate of drug-likeness (QED) is 0.606. The fraction of sp³-hybridized carbons (Fsp3) is 0.217. The molecule has 25 heavy (non-hydrogen) atoms. The molecule has 0 aliphatic rings. The molecule has 2 heteroatoms. The number of phenols is 1. The maximum Gasteiger partial charge on any atom is 0.122 e. The van der Waals surface area contributed by atoms with Crippen LogP contribution in [0.3, 0.4) is 0 Å². The summed E-state index contributed by atoms with van der Waals surface area (Å²) in [5.41, 5.74) is 6.91. The minimum Gasteiger partial charge on any atom is -0.507 e. The number of rotatable bonds is 1. The van der Waals surface area contributed by atoms with Crippen LogP contribution >= 0.6 is 0 Å². The third-order valence-corrected chi connectivity index (χ3v) is 2.83. The third-order valence-electron chi connectivity index (χ3n) is 2.83. The SMILES string of the molecule is C=C=C.C=Cc1cc(C)ccc1O.C=O.CC.Cc1ccccc1C. The van der Waals surface area contributed by atoms with Crippen LogP contribution in [0.5, 0.6) is 5.75 Å². The zero-order valence-electron chi connectivity index (χ0n) is 16.3. The molecule has 136 valence electrons. The largest absolute Gasteiger partial charge is 0.507 e. The molecule has 0 aromatic heterocycles. The summed E-state index contributed by atoms with van der Waals surface area (Å²) in [6, 6.07) is 13.8. The van der Waals surface area contributed by atoms with E-state index >= 15 is 0 Å². The van der Waals surface area contributed by atoms with Crippen LogP contribution in [0.2, 0.25) is 0 Å². The van der Waals surface area contributed by atoms with E-state index in [0.29, 0.717) is 5.75 Å². The molecule has 0 atom stereocenters. The van der Waals surface area contributed by atoms with Crippen molar-refractivity contribution in [1.82, 2.24) is 0 Å². The van der Waals surface area contributed by atoms with Gasteiger partial charge in [-0.05, 0) is 44.0 Å². The molecule has 0 saturated heterocycles. The fourth-order valence-electron chi connectivity index (χ4n) is 1.50. The summed E-state index contributed by atoms with van der Waals surface area (Å²) in [6.45, 7) is 22.0. The highest BCUT2D eigenvalue weighted by atomic mass is 16.3. The minimum atomic E-state index is 0.292. The normalized spacial score (nSPS) is 7.40. The molecular formula is C23H32O2. The minimum absolute atomic E-state index is 0.292. The molecule has 0 bridgehead atoms. The summed E-state index contributed by atoms with van der Waals surface area (Å²) in [4.78, 5) is 8.00. The van der Waals surface area contributed by atoms with Crippen LogP contribution < -0.4 is 0 Å². The van der Waals surface area contributed by atoms with Gasteiger partial charge in [0, 0.05) is 5.56 Å². The second-order valence-electron chi connectivity index (χ2n) is 4.60. The van der Waals surface area contributed by atoms with E-state index in [4.69, 9.17) is 9.90 Å². The molecule has 0 spiro atoms. The van der Waals surface area contributed by atoms with E-state index in [1.165, 1.54) is 11.1 Å². The molecule has 2 aromatic rings. The number of aryl methyl sites for hydroxylation is 3. The molecule has 0 amide bonds. The average molecular weight is 341 g/mol. The van der Waals surface area contributed by atoms with Gasteiger partial charge < -0.3 is 9.90 Å². The zero-order valence-corrected chi connectivity index (χ0v) is 16.3. The van der Waals surface area contributed by atoms with E-state index in [1.807, 2.05) is 39.7 Å². The van der Waals surface area contributed by atoms with Crippen molar-refractivity contribution in [3.05, 3.63) is 90.2 Å². The van der Waals surface area contributed by atoms with Crippen LogP contribution in [0.1, 0.15) is 36.1 Å². The van der Waals surface area contributed by atoms with Gasteiger partial charge in [0.1, 0.15) is 12.5 Å². The lowest BCUT2D eigenvalue weighted by molar-refractivity contribution is -0.0979. The van der Waals surface area contributed by atoms with Gasteiger partial charge in [-0.1, -0.05) is 75.6 Å². The van der Waals surface area contributed by atoms with Gasteiger partial charge >= 0.3 is 0 Å². The Kier molecular flexibility index (Phi) is 20.8. The molecule has 2 aromatic carbocycles. The summed E-state index contributed by atoms with van der Waals surface area (Å²) in [7, 11) is 0. The van der Waals surface area contributed by atoms with E-state index in [1.54, 1.807) is 12.1 Å². The van der Waals surface area contributed by atoms with Crippen LogP contribution in [0, 0.1) is 20.8 Å². The molecular weight excluding hydrogens is 308 g/mol. The van der Waals surface area contributed by atoms with Gasteiger partial charge in [0.05, 0.1) is 0 Å². The number of phenolic OH excluding ortho intramolecular Hbond substituents is 1. The summed E-state index contributed by atoms with van der Waals surface area (Å²) in [5, 5.41) is 9.16. The second-order valence-corrected chi connectivity index (χ2v) is 4.60. The first-order valence-electron chi connectivity index (χ1n) is 7.98. The summed E-state index contributed by atoms with van der Waals surface area (Å²) in [5.74, 6) is 0.292. The highest BCUT2D eigenvalue weighted by molar-refractivity contribution is 5.55. The monoisotopic (exact) mass is 340 g/mol. The van der Waals surface area contributed by atoms with Crippen molar-refractivity contribution in [1.29, 1.82) is 0 Å². The molecule has 0 saturated carbocycles. The highest BCUT2D eigenvalue weighted by Crippen LogP contribution is 2.18. The molecule has 0 unspecified atom stereocenters. The summed E-state index contributed by atoms with van der Waals surface area (Å²) >= 11 is 0. The average Bonchev–Trinajstić information content (AvgIpc) is 2.64. The van der Waals surface area contributed by atoms with Crippen molar-refractivity contribution in [3.8, 4) is 5.75 Å². The molecule has 2 rings (SSSR count). The Morgan fingerprint density at radius 1 is 0.920 bits per heavy atom. The summed E-state index contributed by atoms with van der Waals surface area (Å²) in [6.07, 6.45) is 1.64. The Bertz CT molecular complexity index is 601. The Labute approximate surface area is 153 Å². The second kappa shape index (κ2) is 19.2. The lowest BCUT2D eigenvalue weighted by atomic mass is 10.1. The predicted octanol–water partition coefficient (Wildman–Crippen LogP) is 6.45. The predicted molar refractivity (Wildman–Crippen MR) is 112 cm³/mol. The Morgan fingerprint density at radius 2 is 1.32 bits per heavy atom. The van der Waals surface area contributed by atoms with Crippen molar-refractivity contribution in [2.45, 2.75) is 34.6 Å². The number of carbonyl (C=O) groups excluding carboxylic acids is 1. The van der Waals surface area contributed by atoms with Gasteiger partial charge in [0.2, 0.25) is 0 Å². The van der Waals surface area contributed by atoms with Gasteiger partial charge in [-0.25, -0.2) is 0 Å². The van der Waals surface area contributed by atoms with Crippen molar-refractivity contribution in [2.24, 2.45) is 0 Å². The highest BCUT2D eigenvalue weighted by Gasteiger charge is 1.94. The van der Waals surface area contributed by atoms with Crippen molar-refractivity contribution < 1.29 is 9.90 Å². The molecule has 0 fully saturated rings. The van der Waals surface area contributed by atoms with Gasteiger partial charge in [0.15, 0.2) is 0 Å². The number of benzene rings is 2. The fourth-order valence-corrected chi connectivity index (χ4v) is 1.50. The van der Waals surface area contributed by atoms with Gasteiger partial charge in [-0.15, -0.1) is 5.73 Å². The first kappa shape index (κ1) is 27.0. The van der Waals surface area contributed by atoms with Crippen LogP contribution in [-0.4, -0.2) is 11.9 Å². The van der Waals surface area contributed by atoms with Crippen LogP contribution in [0.25, 0.3) is 6.08 Å². The lowest BCUT2D eigenvalue weighted by Gasteiger charge is -1.98. The van der Waals surface area contributed by atoms with E-state index in [-0.39, 0.29) is 0 Å². The van der Waals surface area contributed by atoms with E-state index in [9.17, 15) is 0 Å². The maximum atomic E-state index is 9.16. The topological polar surface area (TPSA) is 37.3 Å². The molecule has 0 aliphatic carbocycles. The number of carbonyl (C=O) groups is 1. The van der Waals surface area contributed by atoms with Crippen LogP contribution in [0.15, 0.2) is 67.9 Å². The molecule has 0 heterocycles. The standard InChI is InChI=1S/C9H10O.C8H10.C3H4.C2H6.CH2O/c1-3-8-6-7(2)4-5-9(8)10;1-7-5-3-4-6-8(7)2;1-3-2;2*1-2/h3-6,10H,1H2,2H3;3-6H,1-2H3;1-2H2;1-2H3;1H2. The molecule has 2 nitrogen and oxygen atoms in total. The van der Waals surface area contributed by atoms with E-state index < -0.39 is 0 Å². The number of hydrogen-bond donors (Lipinski definition) is 1. The molecule has 1 N–H and O–H groups in total. The number of hydrogen-bond acceptors (Lipinski definition) is 2. The van der Waals surface area contributed by atoms with Crippen LogP contribution in [0.4, 0.5) is 0 Å². The van der Waals surface area contributed by atoms with Crippen molar-refractivity contribution >= 4 is 12.9 Å². The summed E-state index contributed by atoms with van der Waals surface area (Å²) < 4.78 is 0. The van der Waals surface area contributed by atoms with Gasteiger partial charge in [0.25, 0.3) is 0 Å². The smallest absolute Gasteiger partial charge is 0.122 e. The Morgan fingerprint density at radius 3 is 1.60 bits per heavy atom. The maximum absolute atomic E-state index is 9.16. The van der Waals surface area contributed by atoms with Gasteiger partial charge in [-0.3, -0.25) is 0 Å². The van der Waals surface area contributed by atoms with Crippen molar-refractivity contribution in [2.75, 3.05) is 0 Å². The third kappa shape index (κ3) is 14.5. The van der Waals surface area contributed by atoms with E-state index in [2.05, 4.69) is 63.6 Å². The van der Waals surface area contributed by atoms with Crippen molar-refractivity contribution in [3.63, 3.8) is 0 Å². The number of aromatic hydroxyl groups is 1. The lowest BCUT2D eigenvalue weighted by Crippen LogP contribution is -1.75. The Balaban J connectivity index is -0.000000289. The van der Waals surface area contributed by atoms with E-state index in [0.717, 1.165) is 11.1 Å². The zero-order chi connectivity index (χ0) is 20.3. The van der Waals surface area contributed by atoms with Crippen LogP contribution in [-0.2, 0) is 4.79 Å². The Hall–Kier alpha value is -2.83. The molecule has 0 radical (unpaired) electrons.